The van der Waals surface area contributed by atoms with Crippen LogP contribution >= 0.6 is 0 Å². The van der Waals surface area contributed by atoms with Crippen LogP contribution < -0.4 is 5.56 Å². The summed E-state index contributed by atoms with van der Waals surface area (Å²) in [6.07, 6.45) is -0.611. The van der Waals surface area contributed by atoms with Crippen molar-refractivity contribution < 1.29 is 22.7 Å². The second-order valence-corrected chi connectivity index (χ2v) is 8.61. The van der Waals surface area contributed by atoms with E-state index in [9.17, 15) is 28.0 Å². The summed E-state index contributed by atoms with van der Waals surface area (Å²) in [7, 11) is 0. The maximum atomic E-state index is 13.1. The molecule has 0 aliphatic rings. The third kappa shape index (κ3) is 5.59. The number of fused-ring (bicyclic) bond motifs is 1. The maximum absolute atomic E-state index is 13.1. The van der Waals surface area contributed by atoms with Gasteiger partial charge in [-0.05, 0) is 24.1 Å². The van der Waals surface area contributed by atoms with Gasteiger partial charge >= 0.3 is 12.1 Å². The zero-order chi connectivity index (χ0) is 27.4. The Morgan fingerprint density at radius 3 is 2.71 bits per heavy atom. The first-order valence-electron chi connectivity index (χ1n) is 11.9. The molecule has 0 aliphatic heterocycles. The summed E-state index contributed by atoms with van der Waals surface area (Å²) < 4.78 is 48.0. The highest BCUT2D eigenvalue weighted by molar-refractivity contribution is 5.77. The van der Waals surface area contributed by atoms with Crippen LogP contribution in [0, 0.1) is 11.3 Å². The number of hydrogen-bond acceptors (Lipinski definition) is 7. The van der Waals surface area contributed by atoms with Crippen LogP contribution in [0.2, 0.25) is 0 Å². The van der Waals surface area contributed by atoms with E-state index in [1.54, 1.807) is 18.3 Å². The van der Waals surface area contributed by atoms with Gasteiger partial charge in [0.15, 0.2) is 17.4 Å². The number of carbonyl (C=O) groups excluding carboxylic acids is 1. The molecule has 0 amide bonds. The number of nitriles is 1. The minimum absolute atomic E-state index is 0.0152. The van der Waals surface area contributed by atoms with Gasteiger partial charge in [-0.2, -0.15) is 28.5 Å². The lowest BCUT2D eigenvalue weighted by molar-refractivity contribution is -0.154. The van der Waals surface area contributed by atoms with Gasteiger partial charge in [-0.25, -0.2) is 4.98 Å². The number of H-pyrrole nitrogens is 1. The van der Waals surface area contributed by atoms with Gasteiger partial charge in [0, 0.05) is 19.0 Å². The standard InChI is InChI=1S/C25H24F3N7O3/c1-3-6-19(38-20(36)7-4-2)35-21-22(31-18(11-29)32-24(21)37)33-23(35)16-12-30-34(14-16)13-15-8-5-9-17(10-15)25(26,27)28/h5,8-10,12,14,19H,3-4,6-7,13H2,1-2H3,(H,31,32,37). The average Bonchev–Trinajstić information content (AvgIpc) is 3.48. The smallest absolute Gasteiger partial charge is 0.416 e. The van der Waals surface area contributed by atoms with Gasteiger partial charge in [-0.1, -0.05) is 32.4 Å². The Labute approximate surface area is 214 Å². The van der Waals surface area contributed by atoms with Gasteiger partial charge in [-0.15, -0.1) is 0 Å². The predicted molar refractivity (Wildman–Crippen MR) is 130 cm³/mol. The van der Waals surface area contributed by atoms with E-state index in [4.69, 9.17) is 4.74 Å². The lowest BCUT2D eigenvalue weighted by Gasteiger charge is -2.21. The van der Waals surface area contributed by atoms with Crippen molar-refractivity contribution in [3.63, 3.8) is 0 Å². The first-order chi connectivity index (χ1) is 18.1. The molecule has 0 aliphatic carbocycles. The zero-order valence-corrected chi connectivity index (χ0v) is 20.6. The van der Waals surface area contributed by atoms with E-state index in [0.717, 1.165) is 12.1 Å². The molecule has 10 nitrogen and oxygen atoms in total. The molecule has 1 unspecified atom stereocenters. The van der Waals surface area contributed by atoms with E-state index in [-0.39, 0.29) is 35.8 Å². The van der Waals surface area contributed by atoms with Gasteiger partial charge in [0.1, 0.15) is 11.9 Å². The highest BCUT2D eigenvalue weighted by Crippen LogP contribution is 2.31. The number of esters is 1. The normalized spacial score (nSPS) is 12.4. The van der Waals surface area contributed by atoms with E-state index in [2.05, 4.69) is 20.1 Å². The van der Waals surface area contributed by atoms with E-state index >= 15 is 0 Å². The van der Waals surface area contributed by atoms with Crippen LogP contribution in [-0.2, 0) is 22.3 Å². The monoisotopic (exact) mass is 527 g/mol. The van der Waals surface area contributed by atoms with E-state index in [0.29, 0.717) is 30.4 Å². The van der Waals surface area contributed by atoms with Crippen molar-refractivity contribution >= 4 is 17.1 Å². The molecule has 3 heterocycles. The topological polar surface area (TPSA) is 131 Å². The van der Waals surface area contributed by atoms with Crippen LogP contribution in [0.4, 0.5) is 13.2 Å². The Kier molecular flexibility index (Phi) is 7.61. The second kappa shape index (κ2) is 10.9. The van der Waals surface area contributed by atoms with Crippen molar-refractivity contribution in [3.05, 3.63) is 64.0 Å². The molecule has 0 radical (unpaired) electrons. The summed E-state index contributed by atoms with van der Waals surface area (Å²) in [6.45, 7) is 3.78. The quantitative estimate of drug-likeness (QED) is 0.316. The Bertz CT molecular complexity index is 1560. The fourth-order valence-electron chi connectivity index (χ4n) is 4.05. The molecule has 4 rings (SSSR count). The summed E-state index contributed by atoms with van der Waals surface area (Å²) >= 11 is 0. The molecule has 38 heavy (non-hydrogen) atoms. The number of aromatic nitrogens is 6. The van der Waals surface area contributed by atoms with Crippen molar-refractivity contribution in [2.24, 2.45) is 0 Å². The summed E-state index contributed by atoms with van der Waals surface area (Å²) in [5.41, 5.74) is -0.586. The number of aromatic amines is 1. The third-order valence-electron chi connectivity index (χ3n) is 5.70. The molecule has 0 saturated carbocycles. The molecular formula is C25H24F3N7O3. The van der Waals surface area contributed by atoms with E-state index in [1.165, 1.54) is 21.5 Å². The van der Waals surface area contributed by atoms with Gasteiger partial charge in [0.05, 0.1) is 23.9 Å². The summed E-state index contributed by atoms with van der Waals surface area (Å²) in [5, 5.41) is 13.5. The molecule has 0 fully saturated rings. The molecule has 0 bridgehead atoms. The second-order valence-electron chi connectivity index (χ2n) is 8.61. The maximum Gasteiger partial charge on any atom is 0.416 e. The number of alkyl halides is 3. The SMILES string of the molecule is CCCC(=O)OC(CCC)n1c(-c2cnn(Cc3cccc(C(F)(F)F)c3)c2)nc2nc(C#N)[nH]c(=O)c21. The molecule has 1 N–H and O–H groups in total. The van der Waals surface area contributed by atoms with Crippen molar-refractivity contribution in [2.45, 2.75) is 58.5 Å². The number of ether oxygens (including phenoxy) is 1. The van der Waals surface area contributed by atoms with Crippen molar-refractivity contribution in [1.82, 2.24) is 29.3 Å². The highest BCUT2D eigenvalue weighted by Gasteiger charge is 2.30. The molecular weight excluding hydrogens is 503 g/mol. The Hall–Kier alpha value is -4.47. The first kappa shape index (κ1) is 26.6. The molecule has 13 heteroatoms. The summed E-state index contributed by atoms with van der Waals surface area (Å²) in [6, 6.07) is 6.71. The molecule has 1 aromatic carbocycles. The van der Waals surface area contributed by atoms with Gasteiger partial charge in [0.2, 0.25) is 5.82 Å². The third-order valence-corrected chi connectivity index (χ3v) is 5.70. The van der Waals surface area contributed by atoms with Crippen LogP contribution in [0.15, 0.2) is 41.5 Å². The number of nitrogens with zero attached hydrogens (tertiary/aromatic N) is 6. The fraction of sp³-hybridized carbons (Fsp3) is 0.360. The van der Waals surface area contributed by atoms with Crippen LogP contribution in [0.25, 0.3) is 22.6 Å². The lowest BCUT2D eigenvalue weighted by Crippen LogP contribution is -2.22. The molecule has 4 aromatic rings. The zero-order valence-electron chi connectivity index (χ0n) is 20.6. The van der Waals surface area contributed by atoms with Gasteiger partial charge in [0.25, 0.3) is 5.56 Å². The Balaban J connectivity index is 1.80. The average molecular weight is 528 g/mol. The predicted octanol–water partition coefficient (Wildman–Crippen LogP) is 4.56. The van der Waals surface area contributed by atoms with E-state index in [1.807, 2.05) is 13.8 Å². The lowest BCUT2D eigenvalue weighted by atomic mass is 10.1. The van der Waals surface area contributed by atoms with Crippen LogP contribution in [-0.4, -0.2) is 35.3 Å². The molecule has 0 saturated heterocycles. The molecule has 198 valence electrons. The van der Waals surface area contributed by atoms with Crippen molar-refractivity contribution in [2.75, 3.05) is 0 Å². The Morgan fingerprint density at radius 1 is 1.24 bits per heavy atom. The molecule has 3 aromatic heterocycles. The number of hydrogen-bond donors (Lipinski definition) is 1. The minimum Gasteiger partial charge on any atom is -0.441 e. The van der Waals surface area contributed by atoms with Crippen molar-refractivity contribution in [3.8, 4) is 17.5 Å². The summed E-state index contributed by atoms with van der Waals surface area (Å²) in [4.78, 5) is 36.3. The summed E-state index contributed by atoms with van der Waals surface area (Å²) in [5.74, 6) is -0.461. The number of imidazole rings is 1. The van der Waals surface area contributed by atoms with Crippen molar-refractivity contribution in [1.29, 1.82) is 5.26 Å². The number of halogens is 3. The number of benzene rings is 1. The Morgan fingerprint density at radius 2 is 2.03 bits per heavy atom. The first-order valence-corrected chi connectivity index (χ1v) is 11.9. The van der Waals surface area contributed by atoms with Gasteiger partial charge < -0.3 is 4.74 Å². The molecule has 0 spiro atoms. The largest absolute Gasteiger partial charge is 0.441 e. The highest BCUT2D eigenvalue weighted by atomic mass is 19.4. The minimum atomic E-state index is -4.47. The van der Waals surface area contributed by atoms with Crippen LogP contribution in [0.1, 0.15) is 62.7 Å². The van der Waals surface area contributed by atoms with Gasteiger partial charge in [-0.3, -0.25) is 23.8 Å². The number of nitrogens with one attached hydrogen (secondary N) is 1. The van der Waals surface area contributed by atoms with Crippen LogP contribution in [0.3, 0.4) is 0 Å². The number of rotatable bonds is 9. The van der Waals surface area contributed by atoms with Crippen LogP contribution in [0.5, 0.6) is 0 Å². The van der Waals surface area contributed by atoms with E-state index < -0.39 is 29.5 Å². The molecule has 1 atom stereocenters. The number of carbonyl (C=O) groups is 1. The fourth-order valence-corrected chi connectivity index (χ4v) is 4.05.